The third-order valence-corrected chi connectivity index (χ3v) is 3.24. The maximum absolute atomic E-state index is 11.4. The van der Waals surface area contributed by atoms with Crippen LogP contribution in [0.1, 0.15) is 26.7 Å². The maximum atomic E-state index is 11.4. The number of rotatable bonds is 5. The van der Waals surface area contributed by atoms with Crippen LogP contribution in [0.2, 0.25) is 0 Å². The van der Waals surface area contributed by atoms with Gasteiger partial charge in [-0.05, 0) is 39.2 Å². The summed E-state index contributed by atoms with van der Waals surface area (Å²) >= 11 is 0. The fraction of sp³-hybridized carbons (Fsp3) is 0.769. The Morgan fingerprint density at radius 3 is 2.94 bits per heavy atom. The van der Waals surface area contributed by atoms with Gasteiger partial charge in [0.1, 0.15) is 0 Å². The molecule has 0 bridgehead atoms. The molecular weight excluding hydrogens is 214 g/mol. The predicted molar refractivity (Wildman–Crippen MR) is 71.0 cm³/mol. The van der Waals surface area contributed by atoms with Gasteiger partial charge in [0.2, 0.25) is 0 Å². The molecule has 2 amide bonds. The summed E-state index contributed by atoms with van der Waals surface area (Å²) in [5, 5.41) is 5.65. The molecule has 98 valence electrons. The summed E-state index contributed by atoms with van der Waals surface area (Å²) in [6.45, 7) is 11.6. The van der Waals surface area contributed by atoms with Gasteiger partial charge in [-0.1, -0.05) is 6.08 Å². The molecule has 0 saturated carbocycles. The molecular formula is C13H25N3O. The Labute approximate surface area is 104 Å². The Kier molecular flexibility index (Phi) is 6.05. The van der Waals surface area contributed by atoms with E-state index in [1.807, 2.05) is 0 Å². The Balaban J connectivity index is 2.22. The molecule has 1 rings (SSSR count). The highest BCUT2D eigenvalue weighted by molar-refractivity contribution is 5.73. The molecule has 0 aromatic carbocycles. The van der Waals surface area contributed by atoms with Crippen molar-refractivity contribution in [2.45, 2.75) is 32.7 Å². The van der Waals surface area contributed by atoms with Crippen LogP contribution in [0.25, 0.3) is 0 Å². The first-order chi connectivity index (χ1) is 8.13. The number of carbonyl (C=O) groups is 1. The highest BCUT2D eigenvalue weighted by Gasteiger charge is 2.21. The summed E-state index contributed by atoms with van der Waals surface area (Å²) in [6.07, 6.45) is 4.13. The Morgan fingerprint density at radius 2 is 2.29 bits per heavy atom. The van der Waals surface area contributed by atoms with Crippen molar-refractivity contribution < 1.29 is 4.79 Å². The van der Waals surface area contributed by atoms with Crippen molar-refractivity contribution in [3.8, 4) is 0 Å². The summed E-state index contributed by atoms with van der Waals surface area (Å²) < 4.78 is 0. The van der Waals surface area contributed by atoms with Gasteiger partial charge in [-0.15, -0.1) is 6.58 Å². The van der Waals surface area contributed by atoms with Crippen LogP contribution in [0.4, 0.5) is 4.79 Å². The van der Waals surface area contributed by atoms with Crippen molar-refractivity contribution in [2.75, 3.05) is 26.2 Å². The summed E-state index contributed by atoms with van der Waals surface area (Å²) in [5.41, 5.74) is 0. The summed E-state index contributed by atoms with van der Waals surface area (Å²) in [7, 11) is 0. The molecule has 0 aromatic heterocycles. The molecule has 0 aliphatic carbocycles. The number of hydrogen-bond donors (Lipinski definition) is 2. The lowest BCUT2D eigenvalue weighted by molar-refractivity contribution is 0.139. The molecule has 2 N–H and O–H groups in total. The van der Waals surface area contributed by atoms with Gasteiger partial charge in [0.25, 0.3) is 0 Å². The minimum atomic E-state index is -0.0911. The smallest absolute Gasteiger partial charge is 0.315 e. The third-order valence-electron chi connectivity index (χ3n) is 3.24. The monoisotopic (exact) mass is 239 g/mol. The van der Waals surface area contributed by atoms with Crippen LogP contribution in [0.3, 0.4) is 0 Å². The van der Waals surface area contributed by atoms with Gasteiger partial charge in [0, 0.05) is 25.7 Å². The lowest BCUT2D eigenvalue weighted by Crippen LogP contribution is -2.45. The van der Waals surface area contributed by atoms with Crippen LogP contribution < -0.4 is 10.6 Å². The fourth-order valence-corrected chi connectivity index (χ4v) is 2.20. The third kappa shape index (κ3) is 5.22. The van der Waals surface area contributed by atoms with E-state index in [1.165, 1.54) is 19.4 Å². The largest absolute Gasteiger partial charge is 0.338 e. The highest BCUT2D eigenvalue weighted by Crippen LogP contribution is 2.17. The number of nitrogens with zero attached hydrogens (tertiary/aromatic N) is 1. The van der Waals surface area contributed by atoms with Crippen LogP contribution in [-0.2, 0) is 0 Å². The van der Waals surface area contributed by atoms with Crippen molar-refractivity contribution in [1.82, 2.24) is 15.5 Å². The van der Waals surface area contributed by atoms with Crippen LogP contribution in [-0.4, -0.2) is 43.2 Å². The lowest BCUT2D eigenvalue weighted by Gasteiger charge is -2.35. The molecule has 17 heavy (non-hydrogen) atoms. The number of hydrogen-bond acceptors (Lipinski definition) is 2. The molecule has 1 fully saturated rings. The van der Waals surface area contributed by atoms with E-state index in [4.69, 9.17) is 0 Å². The SMILES string of the molecule is C=CCNC(=O)NCC1CCCN(C(C)C)C1. The van der Waals surface area contributed by atoms with Crippen LogP contribution in [0, 0.1) is 5.92 Å². The van der Waals surface area contributed by atoms with Gasteiger partial charge in [-0.2, -0.15) is 0 Å². The molecule has 4 nitrogen and oxygen atoms in total. The minimum absolute atomic E-state index is 0.0911. The molecule has 0 spiro atoms. The van der Waals surface area contributed by atoms with Crippen LogP contribution >= 0.6 is 0 Å². The second-order valence-corrected chi connectivity index (χ2v) is 4.98. The Hall–Kier alpha value is -1.03. The van der Waals surface area contributed by atoms with Crippen LogP contribution in [0.5, 0.6) is 0 Å². The average Bonchev–Trinajstić information content (AvgIpc) is 2.34. The van der Waals surface area contributed by atoms with Gasteiger partial charge >= 0.3 is 6.03 Å². The van der Waals surface area contributed by atoms with Crippen molar-refractivity contribution >= 4 is 6.03 Å². The zero-order valence-electron chi connectivity index (χ0n) is 11.0. The van der Waals surface area contributed by atoms with Crippen molar-refractivity contribution in [2.24, 2.45) is 5.92 Å². The van der Waals surface area contributed by atoms with E-state index >= 15 is 0 Å². The second kappa shape index (κ2) is 7.33. The molecule has 1 aliphatic rings. The first-order valence-corrected chi connectivity index (χ1v) is 6.50. The second-order valence-electron chi connectivity index (χ2n) is 4.98. The quantitative estimate of drug-likeness (QED) is 0.716. The number of amides is 2. The number of likely N-dealkylation sites (tertiary alicyclic amines) is 1. The van der Waals surface area contributed by atoms with E-state index in [2.05, 4.69) is 36.0 Å². The average molecular weight is 239 g/mol. The molecule has 0 aromatic rings. The molecule has 1 heterocycles. The topological polar surface area (TPSA) is 44.4 Å². The van der Waals surface area contributed by atoms with Gasteiger partial charge in [-0.3, -0.25) is 0 Å². The predicted octanol–water partition coefficient (Wildman–Crippen LogP) is 1.59. The summed E-state index contributed by atoms with van der Waals surface area (Å²) in [5.74, 6) is 0.584. The zero-order chi connectivity index (χ0) is 12.7. The maximum Gasteiger partial charge on any atom is 0.315 e. The van der Waals surface area contributed by atoms with Crippen molar-refractivity contribution in [1.29, 1.82) is 0 Å². The number of carbonyl (C=O) groups excluding carboxylic acids is 1. The zero-order valence-corrected chi connectivity index (χ0v) is 11.0. The normalized spacial score (nSPS) is 21.2. The van der Waals surface area contributed by atoms with E-state index in [9.17, 15) is 4.79 Å². The van der Waals surface area contributed by atoms with Gasteiger partial charge in [0.05, 0.1) is 0 Å². The van der Waals surface area contributed by atoms with E-state index < -0.39 is 0 Å². The number of nitrogens with one attached hydrogen (secondary N) is 2. The van der Waals surface area contributed by atoms with E-state index in [1.54, 1.807) is 6.08 Å². The van der Waals surface area contributed by atoms with E-state index in [0.29, 0.717) is 18.5 Å². The first kappa shape index (κ1) is 14.0. The molecule has 1 aliphatic heterocycles. The summed E-state index contributed by atoms with van der Waals surface area (Å²) in [4.78, 5) is 13.9. The van der Waals surface area contributed by atoms with Gasteiger partial charge < -0.3 is 15.5 Å². The van der Waals surface area contributed by atoms with Crippen LogP contribution in [0.15, 0.2) is 12.7 Å². The Bertz CT molecular complexity index is 253. The number of piperidine rings is 1. The fourth-order valence-electron chi connectivity index (χ4n) is 2.20. The molecule has 1 atom stereocenters. The standard InChI is InChI=1S/C13H25N3O/c1-4-7-14-13(17)15-9-12-6-5-8-16(10-12)11(2)3/h4,11-12H,1,5-10H2,2-3H3,(H2,14,15,17). The first-order valence-electron chi connectivity index (χ1n) is 6.50. The number of urea groups is 1. The lowest BCUT2D eigenvalue weighted by atomic mass is 9.97. The molecule has 0 radical (unpaired) electrons. The van der Waals surface area contributed by atoms with E-state index in [0.717, 1.165) is 13.1 Å². The molecule has 1 unspecified atom stereocenters. The van der Waals surface area contributed by atoms with Gasteiger partial charge in [0.15, 0.2) is 0 Å². The van der Waals surface area contributed by atoms with Crippen molar-refractivity contribution in [3.63, 3.8) is 0 Å². The van der Waals surface area contributed by atoms with Gasteiger partial charge in [-0.25, -0.2) is 4.79 Å². The van der Waals surface area contributed by atoms with E-state index in [-0.39, 0.29) is 6.03 Å². The minimum Gasteiger partial charge on any atom is -0.338 e. The molecule has 1 saturated heterocycles. The summed E-state index contributed by atoms with van der Waals surface area (Å²) in [6, 6.07) is 0.513. The van der Waals surface area contributed by atoms with Crippen molar-refractivity contribution in [3.05, 3.63) is 12.7 Å². The Morgan fingerprint density at radius 1 is 1.53 bits per heavy atom. The molecule has 4 heteroatoms. The highest BCUT2D eigenvalue weighted by atomic mass is 16.2.